The van der Waals surface area contributed by atoms with Crippen LogP contribution in [-0.2, 0) is 20.4 Å². The second kappa shape index (κ2) is 5.51. The minimum Gasteiger partial charge on any atom is -0.338 e. The van der Waals surface area contributed by atoms with Gasteiger partial charge in [0, 0.05) is 36.1 Å². The summed E-state index contributed by atoms with van der Waals surface area (Å²) in [5.41, 5.74) is 2.22. The first-order valence-corrected chi connectivity index (χ1v) is 8.57. The Balaban J connectivity index is 1.98. The van der Waals surface area contributed by atoms with Crippen LogP contribution in [0.15, 0.2) is 24.3 Å². The Kier molecular flexibility index (Phi) is 4.16. The Labute approximate surface area is 117 Å². The highest BCUT2D eigenvalue weighted by Crippen LogP contribution is 2.22. The van der Waals surface area contributed by atoms with Gasteiger partial charge in [-0.25, -0.2) is 8.42 Å². The quantitative estimate of drug-likeness (QED) is 0.798. The molecule has 0 saturated carbocycles. The van der Waals surface area contributed by atoms with Gasteiger partial charge in [0.1, 0.15) is 0 Å². The number of halogens is 1. The molecule has 4 nitrogen and oxygen atoms in total. The van der Waals surface area contributed by atoms with Crippen molar-refractivity contribution in [1.29, 1.82) is 0 Å². The molecule has 2 rings (SSSR count). The van der Waals surface area contributed by atoms with Crippen molar-refractivity contribution in [3.8, 4) is 0 Å². The largest absolute Gasteiger partial charge is 0.338 e. The molecule has 1 saturated heterocycles. The Morgan fingerprint density at radius 2 is 1.95 bits per heavy atom. The van der Waals surface area contributed by atoms with Crippen molar-refractivity contribution in [1.82, 2.24) is 4.90 Å². The summed E-state index contributed by atoms with van der Waals surface area (Å²) in [5, 5.41) is 0. The second-order valence-electron chi connectivity index (χ2n) is 5.04. The van der Waals surface area contributed by atoms with Crippen LogP contribution in [0.4, 0.5) is 0 Å². The molecule has 0 aliphatic carbocycles. The van der Waals surface area contributed by atoms with Crippen molar-refractivity contribution >= 4 is 25.6 Å². The molecule has 0 bridgehead atoms. The number of carbonyl (C=O) groups is 1. The van der Waals surface area contributed by atoms with E-state index in [0.29, 0.717) is 13.1 Å². The van der Waals surface area contributed by atoms with Crippen LogP contribution in [-0.4, -0.2) is 31.5 Å². The normalized spacial score (nSPS) is 20.0. The summed E-state index contributed by atoms with van der Waals surface area (Å²) < 4.78 is 22.1. The third-order valence-corrected chi connectivity index (χ3v) is 4.47. The van der Waals surface area contributed by atoms with E-state index in [4.69, 9.17) is 10.7 Å². The molecule has 1 aliphatic heterocycles. The number of aryl methyl sites for hydroxylation is 1. The average Bonchev–Trinajstić information content (AvgIpc) is 2.60. The molecule has 0 radical (unpaired) electrons. The summed E-state index contributed by atoms with van der Waals surface area (Å²) in [5.74, 6) is -0.337. The van der Waals surface area contributed by atoms with Gasteiger partial charge >= 0.3 is 0 Å². The number of carbonyl (C=O) groups excluding carboxylic acids is 1. The number of rotatable bonds is 4. The number of likely N-dealkylation sites (tertiary alicyclic amines) is 1. The monoisotopic (exact) mass is 301 g/mol. The molecule has 1 heterocycles. The fourth-order valence-corrected chi connectivity index (χ4v) is 3.63. The van der Waals surface area contributed by atoms with Crippen molar-refractivity contribution < 1.29 is 13.2 Å². The minimum absolute atomic E-state index is 0.00843. The van der Waals surface area contributed by atoms with Gasteiger partial charge in [-0.2, -0.15) is 0 Å². The van der Waals surface area contributed by atoms with E-state index in [1.165, 1.54) is 5.56 Å². The summed E-state index contributed by atoms with van der Waals surface area (Å²) in [6, 6.07) is 7.95. The van der Waals surface area contributed by atoms with Crippen LogP contribution in [0.25, 0.3) is 0 Å². The van der Waals surface area contributed by atoms with Gasteiger partial charge in [0.15, 0.2) is 0 Å². The van der Waals surface area contributed by atoms with Crippen molar-refractivity contribution in [2.45, 2.75) is 19.9 Å². The van der Waals surface area contributed by atoms with Gasteiger partial charge in [0.2, 0.25) is 15.0 Å². The van der Waals surface area contributed by atoms with Gasteiger partial charge in [-0.3, -0.25) is 4.79 Å². The zero-order chi connectivity index (χ0) is 14.0. The van der Waals surface area contributed by atoms with E-state index < -0.39 is 9.05 Å². The SMILES string of the molecule is Cc1ccc(CN2CC(CS(=O)(=O)Cl)CC2=O)cc1. The van der Waals surface area contributed by atoms with Crippen LogP contribution in [0.3, 0.4) is 0 Å². The first-order valence-electron chi connectivity index (χ1n) is 6.09. The molecular formula is C13H16ClNO3S. The van der Waals surface area contributed by atoms with Gasteiger partial charge in [-0.05, 0) is 12.5 Å². The van der Waals surface area contributed by atoms with Crippen LogP contribution in [0.1, 0.15) is 17.5 Å². The highest BCUT2D eigenvalue weighted by atomic mass is 35.7. The highest BCUT2D eigenvalue weighted by molar-refractivity contribution is 8.13. The van der Waals surface area contributed by atoms with Gasteiger partial charge < -0.3 is 4.90 Å². The third kappa shape index (κ3) is 4.21. The zero-order valence-corrected chi connectivity index (χ0v) is 12.2. The number of benzene rings is 1. The minimum atomic E-state index is -3.54. The number of hydrogen-bond donors (Lipinski definition) is 0. The van der Waals surface area contributed by atoms with E-state index in [2.05, 4.69) is 0 Å². The van der Waals surface area contributed by atoms with E-state index >= 15 is 0 Å². The molecule has 1 atom stereocenters. The maximum atomic E-state index is 11.8. The molecule has 6 heteroatoms. The van der Waals surface area contributed by atoms with Gasteiger partial charge in [0.05, 0.1) is 5.75 Å². The molecule has 0 N–H and O–H groups in total. The van der Waals surface area contributed by atoms with Crippen LogP contribution in [0.2, 0.25) is 0 Å². The molecule has 1 aromatic rings. The maximum absolute atomic E-state index is 11.8. The smallest absolute Gasteiger partial charge is 0.232 e. The van der Waals surface area contributed by atoms with Crippen molar-refractivity contribution in [3.63, 3.8) is 0 Å². The molecular weight excluding hydrogens is 286 g/mol. The summed E-state index contributed by atoms with van der Waals surface area (Å²) in [6.07, 6.45) is 0.262. The van der Waals surface area contributed by atoms with Crippen LogP contribution in [0, 0.1) is 12.8 Å². The summed E-state index contributed by atoms with van der Waals surface area (Å²) in [4.78, 5) is 13.5. The van der Waals surface area contributed by atoms with E-state index in [-0.39, 0.29) is 24.0 Å². The van der Waals surface area contributed by atoms with E-state index in [0.717, 1.165) is 5.56 Å². The molecule has 1 aliphatic rings. The van der Waals surface area contributed by atoms with E-state index in [1.807, 2.05) is 31.2 Å². The Morgan fingerprint density at radius 1 is 1.32 bits per heavy atom. The van der Waals surface area contributed by atoms with E-state index in [1.54, 1.807) is 4.90 Å². The predicted molar refractivity (Wildman–Crippen MR) is 74.3 cm³/mol. The van der Waals surface area contributed by atoms with Crippen LogP contribution < -0.4 is 0 Å². The predicted octanol–water partition coefficient (Wildman–Crippen LogP) is 1.91. The summed E-state index contributed by atoms with van der Waals surface area (Å²) >= 11 is 0. The molecule has 19 heavy (non-hydrogen) atoms. The second-order valence-corrected chi connectivity index (χ2v) is 7.86. The molecule has 1 aromatic carbocycles. The summed E-state index contributed by atoms with van der Waals surface area (Å²) in [6.45, 7) is 2.99. The lowest BCUT2D eigenvalue weighted by Gasteiger charge is -2.16. The van der Waals surface area contributed by atoms with Gasteiger partial charge in [-0.1, -0.05) is 29.8 Å². The van der Waals surface area contributed by atoms with Crippen molar-refractivity contribution in [2.24, 2.45) is 5.92 Å². The fraction of sp³-hybridized carbons (Fsp3) is 0.462. The molecule has 1 unspecified atom stereocenters. The lowest BCUT2D eigenvalue weighted by Crippen LogP contribution is -2.25. The molecule has 1 fully saturated rings. The molecule has 104 valence electrons. The molecule has 0 aromatic heterocycles. The van der Waals surface area contributed by atoms with Crippen molar-refractivity contribution in [2.75, 3.05) is 12.3 Å². The fourth-order valence-electron chi connectivity index (χ4n) is 2.31. The topological polar surface area (TPSA) is 54.5 Å². The molecule has 1 amide bonds. The lowest BCUT2D eigenvalue weighted by molar-refractivity contribution is -0.128. The highest BCUT2D eigenvalue weighted by Gasteiger charge is 2.32. The standard InChI is InChI=1S/C13H16ClNO3S/c1-10-2-4-11(5-3-10)7-15-8-12(6-13(15)16)9-19(14,17)18/h2-5,12H,6-9H2,1H3. The number of nitrogens with zero attached hydrogens (tertiary/aromatic N) is 1. The first kappa shape index (κ1) is 14.3. The maximum Gasteiger partial charge on any atom is 0.232 e. The van der Waals surface area contributed by atoms with E-state index in [9.17, 15) is 13.2 Å². The van der Waals surface area contributed by atoms with Crippen molar-refractivity contribution in [3.05, 3.63) is 35.4 Å². The number of amides is 1. The molecule has 0 spiro atoms. The Hall–Kier alpha value is -1.07. The number of hydrogen-bond acceptors (Lipinski definition) is 3. The Morgan fingerprint density at radius 3 is 2.53 bits per heavy atom. The van der Waals surface area contributed by atoms with Gasteiger partial charge in [0.25, 0.3) is 0 Å². The van der Waals surface area contributed by atoms with Crippen LogP contribution >= 0.6 is 10.7 Å². The first-order chi connectivity index (χ1) is 8.83. The average molecular weight is 302 g/mol. The lowest BCUT2D eigenvalue weighted by atomic mass is 10.1. The Bertz CT molecular complexity index is 568. The summed E-state index contributed by atoms with van der Waals surface area (Å²) in [7, 11) is 1.69. The van der Waals surface area contributed by atoms with Crippen LogP contribution in [0.5, 0.6) is 0 Å². The zero-order valence-electron chi connectivity index (χ0n) is 10.7. The van der Waals surface area contributed by atoms with Gasteiger partial charge in [-0.15, -0.1) is 0 Å². The third-order valence-electron chi connectivity index (χ3n) is 3.22.